The maximum absolute atomic E-state index is 12.2. The zero-order valence-electron chi connectivity index (χ0n) is 13.5. The van der Waals surface area contributed by atoms with Gasteiger partial charge in [0.25, 0.3) is 0 Å². The van der Waals surface area contributed by atoms with Gasteiger partial charge in [0.1, 0.15) is 11.5 Å². The standard InChI is InChI=1S/C17H18Cl2N2O3/c1-10(13-9-12(23-2)5-7-16(13)24-3)20-17(22)21-15-6-4-11(18)8-14(15)19/h4-10H,1-3H3,(H2,20,21,22). The van der Waals surface area contributed by atoms with Crippen LogP contribution in [0.15, 0.2) is 36.4 Å². The van der Waals surface area contributed by atoms with Crippen molar-refractivity contribution < 1.29 is 14.3 Å². The molecule has 0 fully saturated rings. The predicted molar refractivity (Wildman–Crippen MR) is 96.6 cm³/mol. The van der Waals surface area contributed by atoms with Crippen LogP contribution in [0.25, 0.3) is 0 Å². The summed E-state index contributed by atoms with van der Waals surface area (Å²) in [7, 11) is 3.16. The fraction of sp³-hybridized carbons (Fsp3) is 0.235. The molecule has 24 heavy (non-hydrogen) atoms. The molecule has 128 valence electrons. The first-order valence-corrected chi connectivity index (χ1v) is 7.94. The number of rotatable bonds is 5. The van der Waals surface area contributed by atoms with E-state index in [1.54, 1.807) is 44.6 Å². The van der Waals surface area contributed by atoms with Crippen molar-refractivity contribution in [1.29, 1.82) is 0 Å². The van der Waals surface area contributed by atoms with E-state index >= 15 is 0 Å². The van der Waals surface area contributed by atoms with E-state index < -0.39 is 6.03 Å². The maximum atomic E-state index is 12.2. The highest BCUT2D eigenvalue weighted by molar-refractivity contribution is 6.36. The number of urea groups is 1. The largest absolute Gasteiger partial charge is 0.497 e. The normalized spacial score (nSPS) is 11.5. The van der Waals surface area contributed by atoms with E-state index in [0.29, 0.717) is 27.2 Å². The highest BCUT2D eigenvalue weighted by atomic mass is 35.5. The van der Waals surface area contributed by atoms with Gasteiger partial charge in [-0.2, -0.15) is 0 Å². The molecule has 5 nitrogen and oxygen atoms in total. The van der Waals surface area contributed by atoms with Gasteiger partial charge >= 0.3 is 6.03 Å². The Labute approximate surface area is 150 Å². The molecule has 0 aliphatic heterocycles. The number of hydrogen-bond acceptors (Lipinski definition) is 3. The summed E-state index contributed by atoms with van der Waals surface area (Å²) < 4.78 is 10.6. The second kappa shape index (κ2) is 8.13. The van der Waals surface area contributed by atoms with Gasteiger partial charge in [-0.25, -0.2) is 4.79 Å². The Balaban J connectivity index is 2.11. The van der Waals surface area contributed by atoms with Crippen molar-refractivity contribution in [3.63, 3.8) is 0 Å². The number of ether oxygens (including phenoxy) is 2. The second-order valence-corrected chi connectivity index (χ2v) is 5.90. The zero-order valence-corrected chi connectivity index (χ0v) is 15.0. The first-order valence-electron chi connectivity index (χ1n) is 7.19. The molecule has 2 aromatic carbocycles. The summed E-state index contributed by atoms with van der Waals surface area (Å²) in [6.07, 6.45) is 0. The predicted octanol–water partition coefficient (Wildman–Crippen LogP) is 4.89. The number of anilines is 1. The molecule has 0 saturated heterocycles. The number of methoxy groups -OCH3 is 2. The zero-order chi connectivity index (χ0) is 17.7. The molecule has 1 unspecified atom stereocenters. The molecule has 2 amide bonds. The van der Waals surface area contributed by atoms with Gasteiger partial charge in [-0.15, -0.1) is 0 Å². The quantitative estimate of drug-likeness (QED) is 0.789. The minimum absolute atomic E-state index is 0.305. The monoisotopic (exact) mass is 368 g/mol. The number of hydrogen-bond donors (Lipinski definition) is 2. The van der Waals surface area contributed by atoms with Crippen LogP contribution in [0.3, 0.4) is 0 Å². The molecule has 0 radical (unpaired) electrons. The number of amides is 2. The topological polar surface area (TPSA) is 59.6 Å². The van der Waals surface area contributed by atoms with Gasteiger partial charge in [0, 0.05) is 10.6 Å². The Bertz CT molecular complexity index is 738. The third-order valence-corrected chi connectivity index (χ3v) is 3.98. The molecule has 0 aliphatic carbocycles. The van der Waals surface area contributed by atoms with Gasteiger partial charge in [0.15, 0.2) is 0 Å². The molecule has 0 bridgehead atoms. The summed E-state index contributed by atoms with van der Waals surface area (Å²) in [5, 5.41) is 6.39. The summed E-state index contributed by atoms with van der Waals surface area (Å²) >= 11 is 11.9. The van der Waals surface area contributed by atoms with Crippen LogP contribution in [0.5, 0.6) is 11.5 Å². The summed E-state index contributed by atoms with van der Waals surface area (Å²) in [6.45, 7) is 1.85. The fourth-order valence-electron chi connectivity index (χ4n) is 2.20. The Hall–Kier alpha value is -2.11. The van der Waals surface area contributed by atoms with E-state index in [-0.39, 0.29) is 6.04 Å². The highest BCUT2D eigenvalue weighted by Crippen LogP contribution is 2.29. The van der Waals surface area contributed by atoms with E-state index in [1.807, 2.05) is 13.0 Å². The van der Waals surface area contributed by atoms with Crippen molar-refractivity contribution in [3.8, 4) is 11.5 Å². The van der Waals surface area contributed by atoms with Crippen LogP contribution in [-0.4, -0.2) is 20.3 Å². The molecule has 2 aromatic rings. The first-order chi connectivity index (χ1) is 11.4. The minimum Gasteiger partial charge on any atom is -0.497 e. The van der Waals surface area contributed by atoms with E-state index in [1.165, 1.54) is 0 Å². The van der Waals surface area contributed by atoms with Crippen molar-refractivity contribution in [2.24, 2.45) is 0 Å². The van der Waals surface area contributed by atoms with Gasteiger partial charge in [0.2, 0.25) is 0 Å². The number of benzene rings is 2. The third kappa shape index (κ3) is 4.46. The molecule has 0 heterocycles. The average Bonchev–Trinajstić information content (AvgIpc) is 2.56. The molecule has 2 N–H and O–H groups in total. The van der Waals surface area contributed by atoms with Gasteiger partial charge in [-0.05, 0) is 43.3 Å². The van der Waals surface area contributed by atoms with Gasteiger partial charge in [-0.3, -0.25) is 0 Å². The smallest absolute Gasteiger partial charge is 0.319 e. The Morgan fingerprint density at radius 1 is 1.08 bits per heavy atom. The van der Waals surface area contributed by atoms with Gasteiger partial charge < -0.3 is 20.1 Å². The van der Waals surface area contributed by atoms with E-state index in [2.05, 4.69) is 10.6 Å². The van der Waals surface area contributed by atoms with Crippen LogP contribution < -0.4 is 20.1 Å². The lowest BCUT2D eigenvalue weighted by atomic mass is 10.1. The molecular formula is C17H18Cl2N2O3. The number of halogens is 2. The summed E-state index contributed by atoms with van der Waals surface area (Å²) in [4.78, 5) is 12.2. The molecular weight excluding hydrogens is 351 g/mol. The van der Waals surface area contributed by atoms with E-state index in [9.17, 15) is 4.79 Å². The number of carbonyl (C=O) groups excluding carboxylic acids is 1. The molecule has 0 saturated carbocycles. The highest BCUT2D eigenvalue weighted by Gasteiger charge is 2.16. The lowest BCUT2D eigenvalue weighted by Crippen LogP contribution is -2.31. The first kappa shape index (κ1) is 18.2. The summed E-state index contributed by atoms with van der Waals surface area (Å²) in [6, 6.07) is 9.56. The Morgan fingerprint density at radius 2 is 1.83 bits per heavy atom. The molecule has 2 rings (SSSR count). The minimum atomic E-state index is -0.392. The number of nitrogens with one attached hydrogen (secondary N) is 2. The summed E-state index contributed by atoms with van der Waals surface area (Å²) in [5.41, 5.74) is 1.28. The van der Waals surface area contributed by atoms with Crippen molar-refractivity contribution in [2.75, 3.05) is 19.5 Å². The molecule has 0 aromatic heterocycles. The number of carbonyl (C=O) groups is 1. The summed E-state index contributed by atoms with van der Waals surface area (Å²) in [5.74, 6) is 1.34. The van der Waals surface area contributed by atoms with Crippen molar-refractivity contribution in [3.05, 3.63) is 52.0 Å². The second-order valence-electron chi connectivity index (χ2n) is 5.05. The lowest BCUT2D eigenvalue weighted by molar-refractivity contribution is 0.249. The van der Waals surface area contributed by atoms with E-state index in [0.717, 1.165) is 5.56 Å². The van der Waals surface area contributed by atoms with Crippen LogP contribution in [0.1, 0.15) is 18.5 Å². The SMILES string of the molecule is COc1ccc(OC)c(C(C)NC(=O)Nc2ccc(Cl)cc2Cl)c1. The van der Waals surface area contributed by atoms with Crippen LogP contribution in [0.2, 0.25) is 10.0 Å². The fourth-order valence-corrected chi connectivity index (χ4v) is 2.66. The van der Waals surface area contributed by atoms with Crippen molar-refractivity contribution in [1.82, 2.24) is 5.32 Å². The van der Waals surface area contributed by atoms with Gasteiger partial charge in [-0.1, -0.05) is 23.2 Å². The van der Waals surface area contributed by atoms with Crippen LogP contribution >= 0.6 is 23.2 Å². The van der Waals surface area contributed by atoms with Crippen molar-refractivity contribution in [2.45, 2.75) is 13.0 Å². The molecule has 1 atom stereocenters. The molecule has 0 spiro atoms. The Kier molecular flexibility index (Phi) is 6.17. The van der Waals surface area contributed by atoms with Crippen LogP contribution in [0.4, 0.5) is 10.5 Å². The van der Waals surface area contributed by atoms with Gasteiger partial charge in [0.05, 0.1) is 31.0 Å². The van der Waals surface area contributed by atoms with Crippen LogP contribution in [0, 0.1) is 0 Å². The van der Waals surface area contributed by atoms with Crippen molar-refractivity contribution >= 4 is 34.9 Å². The van der Waals surface area contributed by atoms with E-state index in [4.69, 9.17) is 32.7 Å². The molecule has 7 heteroatoms. The molecule has 0 aliphatic rings. The average molecular weight is 369 g/mol. The Morgan fingerprint density at radius 3 is 2.46 bits per heavy atom. The third-order valence-electron chi connectivity index (χ3n) is 3.43. The maximum Gasteiger partial charge on any atom is 0.319 e. The lowest BCUT2D eigenvalue weighted by Gasteiger charge is -2.19. The van der Waals surface area contributed by atoms with Crippen LogP contribution in [-0.2, 0) is 0 Å².